The van der Waals surface area contributed by atoms with Crippen molar-refractivity contribution in [3.05, 3.63) is 77.9 Å². The summed E-state index contributed by atoms with van der Waals surface area (Å²) in [7, 11) is 0. The molecule has 2 amide bonds. The first kappa shape index (κ1) is 18.4. The molecule has 0 fully saturated rings. The molecule has 0 unspecified atom stereocenters. The number of hydrogen-bond donors (Lipinski definition) is 2. The number of halogens is 3. The third-order valence-corrected chi connectivity index (χ3v) is 4.00. The van der Waals surface area contributed by atoms with E-state index in [0.29, 0.717) is 11.1 Å². The second-order valence-corrected chi connectivity index (χ2v) is 5.82. The van der Waals surface area contributed by atoms with Crippen LogP contribution in [-0.4, -0.2) is 18.0 Å². The van der Waals surface area contributed by atoms with Crippen molar-refractivity contribution in [1.82, 2.24) is 5.32 Å². The predicted molar refractivity (Wildman–Crippen MR) is 96.2 cm³/mol. The van der Waals surface area contributed by atoms with Gasteiger partial charge in [0.1, 0.15) is 0 Å². The Balaban J connectivity index is 1.77. The number of carbonyl (C=O) groups excluding carboxylic acids is 2. The third kappa shape index (κ3) is 4.25. The van der Waals surface area contributed by atoms with Crippen molar-refractivity contribution in [2.24, 2.45) is 0 Å². The first-order chi connectivity index (χ1) is 12.9. The van der Waals surface area contributed by atoms with Gasteiger partial charge < -0.3 is 10.6 Å². The van der Waals surface area contributed by atoms with E-state index in [-0.39, 0.29) is 18.1 Å². The average molecular weight is 372 g/mol. The first-order valence-electron chi connectivity index (χ1n) is 8.08. The van der Waals surface area contributed by atoms with Crippen LogP contribution >= 0.6 is 0 Å². The number of carbonyl (C=O) groups is 2. The van der Waals surface area contributed by atoms with E-state index in [1.807, 2.05) is 35.6 Å². The summed E-state index contributed by atoms with van der Waals surface area (Å²) in [6, 6.07) is 18.7. The van der Waals surface area contributed by atoms with Crippen molar-refractivity contribution in [3.63, 3.8) is 0 Å². The summed E-state index contributed by atoms with van der Waals surface area (Å²) in [6.45, 7) is -0.0314. The van der Waals surface area contributed by atoms with Gasteiger partial charge in [0.05, 0.1) is 0 Å². The molecule has 0 radical (unpaired) electrons. The Labute approximate surface area is 153 Å². The number of amides is 2. The van der Waals surface area contributed by atoms with Crippen LogP contribution in [0.15, 0.2) is 66.7 Å². The Morgan fingerprint density at radius 2 is 1.52 bits per heavy atom. The van der Waals surface area contributed by atoms with E-state index in [1.165, 1.54) is 18.2 Å². The SMILES string of the molecule is O=C(NCc1ccccc1NC(=O)C(F)(F)F)c1cccc2ccccc12. The number of para-hydroxylation sites is 1. The highest BCUT2D eigenvalue weighted by Gasteiger charge is 2.38. The molecule has 0 aromatic heterocycles. The van der Waals surface area contributed by atoms with E-state index in [9.17, 15) is 22.8 Å². The number of rotatable bonds is 4. The molecular formula is C20H15F3N2O2. The van der Waals surface area contributed by atoms with Gasteiger partial charge >= 0.3 is 12.1 Å². The fourth-order valence-corrected chi connectivity index (χ4v) is 2.68. The van der Waals surface area contributed by atoms with E-state index >= 15 is 0 Å². The highest BCUT2D eigenvalue weighted by Crippen LogP contribution is 2.22. The van der Waals surface area contributed by atoms with Crippen molar-refractivity contribution >= 4 is 28.3 Å². The number of alkyl halides is 3. The van der Waals surface area contributed by atoms with E-state index in [4.69, 9.17) is 0 Å². The lowest BCUT2D eigenvalue weighted by Gasteiger charge is -2.13. The standard InChI is InChI=1S/C20H15F3N2O2/c21-20(22,23)19(27)25-17-11-4-2-7-14(17)12-24-18(26)16-10-5-8-13-6-1-3-9-15(13)16/h1-11H,12H2,(H,24,26)(H,25,27). The van der Waals surface area contributed by atoms with Gasteiger partial charge in [-0.1, -0.05) is 54.6 Å². The summed E-state index contributed by atoms with van der Waals surface area (Å²) in [5, 5.41) is 6.20. The van der Waals surface area contributed by atoms with Gasteiger partial charge in [-0.3, -0.25) is 9.59 Å². The predicted octanol–water partition coefficient (Wildman–Crippen LogP) is 4.27. The highest BCUT2D eigenvalue weighted by atomic mass is 19.4. The summed E-state index contributed by atoms with van der Waals surface area (Å²) in [4.78, 5) is 23.7. The third-order valence-electron chi connectivity index (χ3n) is 4.00. The van der Waals surface area contributed by atoms with E-state index in [0.717, 1.165) is 10.8 Å². The van der Waals surface area contributed by atoms with Crippen molar-refractivity contribution in [1.29, 1.82) is 0 Å². The van der Waals surface area contributed by atoms with Gasteiger partial charge in [-0.25, -0.2) is 0 Å². The lowest BCUT2D eigenvalue weighted by Crippen LogP contribution is -2.31. The Morgan fingerprint density at radius 3 is 2.30 bits per heavy atom. The molecule has 2 N–H and O–H groups in total. The molecule has 0 bridgehead atoms. The maximum absolute atomic E-state index is 12.5. The molecule has 0 aliphatic heterocycles. The second kappa shape index (κ2) is 7.49. The van der Waals surface area contributed by atoms with Crippen LogP contribution in [0, 0.1) is 0 Å². The average Bonchev–Trinajstić information content (AvgIpc) is 2.66. The summed E-state index contributed by atoms with van der Waals surface area (Å²) in [5.41, 5.74) is 0.826. The summed E-state index contributed by atoms with van der Waals surface area (Å²) in [5.74, 6) is -2.42. The molecule has 0 atom stereocenters. The fourth-order valence-electron chi connectivity index (χ4n) is 2.68. The molecule has 0 heterocycles. The van der Waals surface area contributed by atoms with Gasteiger partial charge in [0, 0.05) is 17.8 Å². The van der Waals surface area contributed by atoms with Crippen LogP contribution in [0.25, 0.3) is 10.8 Å². The Kier molecular flexibility index (Phi) is 5.12. The number of fused-ring (bicyclic) bond motifs is 1. The van der Waals surface area contributed by atoms with Gasteiger partial charge in [-0.2, -0.15) is 13.2 Å². The zero-order valence-electron chi connectivity index (χ0n) is 14.0. The highest BCUT2D eigenvalue weighted by molar-refractivity contribution is 6.07. The molecule has 27 heavy (non-hydrogen) atoms. The summed E-state index contributed by atoms with van der Waals surface area (Å²) in [6.07, 6.45) is -4.99. The van der Waals surface area contributed by atoms with E-state index in [1.54, 1.807) is 18.2 Å². The second-order valence-electron chi connectivity index (χ2n) is 5.82. The molecule has 3 rings (SSSR count). The minimum Gasteiger partial charge on any atom is -0.348 e. The normalized spacial score (nSPS) is 11.2. The van der Waals surface area contributed by atoms with E-state index in [2.05, 4.69) is 5.32 Å². The maximum atomic E-state index is 12.5. The van der Waals surface area contributed by atoms with Gasteiger partial charge in [0.25, 0.3) is 5.91 Å². The minimum atomic E-state index is -4.99. The number of hydrogen-bond acceptors (Lipinski definition) is 2. The minimum absolute atomic E-state index is 0.00181. The molecular weight excluding hydrogens is 357 g/mol. The Bertz CT molecular complexity index is 994. The van der Waals surface area contributed by atoms with Gasteiger partial charge in [0.2, 0.25) is 0 Å². The van der Waals surface area contributed by atoms with Crippen LogP contribution in [-0.2, 0) is 11.3 Å². The molecule has 7 heteroatoms. The maximum Gasteiger partial charge on any atom is 0.471 e. The first-order valence-corrected chi connectivity index (χ1v) is 8.08. The summed E-state index contributed by atoms with van der Waals surface area (Å²) < 4.78 is 37.4. The van der Waals surface area contributed by atoms with Crippen LogP contribution < -0.4 is 10.6 Å². The quantitative estimate of drug-likeness (QED) is 0.719. The van der Waals surface area contributed by atoms with Crippen LogP contribution in [0.3, 0.4) is 0 Å². The fraction of sp³-hybridized carbons (Fsp3) is 0.100. The monoisotopic (exact) mass is 372 g/mol. The molecule has 138 valence electrons. The largest absolute Gasteiger partial charge is 0.471 e. The molecule has 3 aromatic rings. The van der Waals surface area contributed by atoms with Gasteiger partial charge in [-0.05, 0) is 28.5 Å². The number of anilines is 1. The van der Waals surface area contributed by atoms with E-state index < -0.39 is 12.1 Å². The summed E-state index contributed by atoms with van der Waals surface area (Å²) >= 11 is 0. The number of benzene rings is 3. The van der Waals surface area contributed by atoms with Crippen molar-refractivity contribution in [3.8, 4) is 0 Å². The molecule has 3 aromatic carbocycles. The topological polar surface area (TPSA) is 58.2 Å². The smallest absolute Gasteiger partial charge is 0.348 e. The Morgan fingerprint density at radius 1 is 0.852 bits per heavy atom. The lowest BCUT2D eigenvalue weighted by molar-refractivity contribution is -0.167. The molecule has 0 saturated carbocycles. The van der Waals surface area contributed by atoms with Gasteiger partial charge in [0.15, 0.2) is 0 Å². The molecule has 4 nitrogen and oxygen atoms in total. The van der Waals surface area contributed by atoms with Crippen molar-refractivity contribution in [2.45, 2.75) is 12.7 Å². The van der Waals surface area contributed by atoms with Gasteiger partial charge in [-0.15, -0.1) is 0 Å². The lowest BCUT2D eigenvalue weighted by atomic mass is 10.0. The molecule has 0 aliphatic carbocycles. The van der Waals surface area contributed by atoms with Crippen LogP contribution in [0.4, 0.5) is 18.9 Å². The zero-order valence-corrected chi connectivity index (χ0v) is 14.0. The van der Waals surface area contributed by atoms with Crippen molar-refractivity contribution in [2.75, 3.05) is 5.32 Å². The molecule has 0 spiro atoms. The Hall–Kier alpha value is -3.35. The number of nitrogens with one attached hydrogen (secondary N) is 2. The van der Waals surface area contributed by atoms with Crippen LogP contribution in [0.1, 0.15) is 15.9 Å². The zero-order chi connectivity index (χ0) is 19.4. The van der Waals surface area contributed by atoms with Crippen molar-refractivity contribution < 1.29 is 22.8 Å². The molecule has 0 aliphatic rings. The van der Waals surface area contributed by atoms with Crippen LogP contribution in [0.2, 0.25) is 0 Å². The van der Waals surface area contributed by atoms with Crippen LogP contribution in [0.5, 0.6) is 0 Å². The molecule has 0 saturated heterocycles.